The molecule has 0 radical (unpaired) electrons. The zero-order valence-electron chi connectivity index (χ0n) is 15.3. The number of aromatic nitrogens is 3. The quantitative estimate of drug-likeness (QED) is 0.564. The average Bonchev–Trinajstić information content (AvgIpc) is 2.69. The number of aryl methyl sites for hydroxylation is 1. The lowest BCUT2D eigenvalue weighted by molar-refractivity contribution is -0.153. The van der Waals surface area contributed by atoms with Crippen LogP contribution in [0, 0.1) is 5.82 Å². The fourth-order valence-electron chi connectivity index (χ4n) is 2.50. The fourth-order valence-corrected chi connectivity index (χ4v) is 2.83. The first-order valence-corrected chi connectivity index (χ1v) is 9.42. The van der Waals surface area contributed by atoms with Gasteiger partial charge in [0, 0.05) is 4.47 Å². The number of amides is 1. The van der Waals surface area contributed by atoms with Crippen LogP contribution < -0.4 is 10.9 Å². The highest BCUT2D eigenvalue weighted by molar-refractivity contribution is 9.10. The van der Waals surface area contributed by atoms with Crippen molar-refractivity contribution in [2.75, 3.05) is 5.32 Å². The van der Waals surface area contributed by atoms with E-state index >= 15 is 0 Å². The first kappa shape index (κ1) is 20.6. The zero-order valence-corrected chi connectivity index (χ0v) is 16.8. The summed E-state index contributed by atoms with van der Waals surface area (Å²) >= 11 is 3.12. The van der Waals surface area contributed by atoms with Gasteiger partial charge in [-0.3, -0.25) is 14.4 Å². The monoisotopic (exact) mass is 462 g/mol. The fraction of sp³-hybridized carbons (Fsp3) is 0.211. The van der Waals surface area contributed by atoms with Crippen molar-refractivity contribution in [3.63, 3.8) is 0 Å². The highest BCUT2D eigenvalue weighted by atomic mass is 79.9. The predicted molar refractivity (Wildman–Crippen MR) is 107 cm³/mol. The lowest BCUT2D eigenvalue weighted by Gasteiger charge is -2.14. The maximum atomic E-state index is 13.8. The number of halogens is 2. The minimum Gasteiger partial charge on any atom is -0.452 e. The third-order valence-corrected chi connectivity index (χ3v) is 4.52. The Hall–Kier alpha value is -3.14. The van der Waals surface area contributed by atoms with Crippen molar-refractivity contribution in [3.8, 4) is 0 Å². The van der Waals surface area contributed by atoms with Crippen molar-refractivity contribution in [3.05, 3.63) is 63.1 Å². The number of hydrogen-bond donors (Lipinski definition) is 1. The molecule has 0 saturated carbocycles. The number of nitrogens with one attached hydrogen (secondary N) is 1. The predicted octanol–water partition coefficient (Wildman–Crippen LogP) is 2.65. The number of carbonyl (C=O) groups excluding carboxylic acids is 2. The van der Waals surface area contributed by atoms with Gasteiger partial charge < -0.3 is 10.1 Å². The lowest BCUT2D eigenvalue weighted by Crippen LogP contribution is -2.31. The van der Waals surface area contributed by atoms with E-state index in [0.717, 1.165) is 4.68 Å². The van der Waals surface area contributed by atoms with Crippen molar-refractivity contribution in [1.29, 1.82) is 0 Å². The van der Waals surface area contributed by atoms with Gasteiger partial charge in [0.1, 0.15) is 11.3 Å². The molecular formula is C19H16BrFN4O4. The number of fused-ring (bicyclic) bond motifs is 1. The van der Waals surface area contributed by atoms with Gasteiger partial charge in [-0.05, 0) is 37.3 Å². The summed E-state index contributed by atoms with van der Waals surface area (Å²) in [5.41, 5.74) is 0.0563. The molecule has 0 saturated heterocycles. The number of benzene rings is 2. The molecule has 0 spiro atoms. The molecule has 29 heavy (non-hydrogen) atoms. The number of carbonyl (C=O) groups is 2. The van der Waals surface area contributed by atoms with Crippen LogP contribution in [0.25, 0.3) is 10.9 Å². The molecule has 1 amide bonds. The molecule has 0 aliphatic rings. The zero-order chi connectivity index (χ0) is 21.0. The van der Waals surface area contributed by atoms with Crippen LogP contribution in [0.5, 0.6) is 0 Å². The van der Waals surface area contributed by atoms with Crippen LogP contribution in [0.2, 0.25) is 0 Å². The van der Waals surface area contributed by atoms with Crippen molar-refractivity contribution >= 4 is 44.4 Å². The normalized spacial score (nSPS) is 11.8. The van der Waals surface area contributed by atoms with E-state index in [-0.39, 0.29) is 24.2 Å². The molecule has 0 fully saturated rings. The molecule has 10 heteroatoms. The summed E-state index contributed by atoms with van der Waals surface area (Å²) < 4.78 is 20.4. The molecule has 1 unspecified atom stereocenters. The summed E-state index contributed by atoms with van der Waals surface area (Å²) in [4.78, 5) is 36.5. The smallest absolute Gasteiger partial charge is 0.308 e. The highest BCUT2D eigenvalue weighted by Crippen LogP contribution is 2.19. The van der Waals surface area contributed by atoms with Crippen molar-refractivity contribution in [1.82, 2.24) is 15.0 Å². The Bertz CT molecular complexity index is 1130. The van der Waals surface area contributed by atoms with Gasteiger partial charge in [-0.15, -0.1) is 5.10 Å². The topological polar surface area (TPSA) is 103 Å². The summed E-state index contributed by atoms with van der Waals surface area (Å²) in [6, 6.07) is 10.9. The molecule has 1 aromatic heterocycles. The van der Waals surface area contributed by atoms with E-state index in [1.54, 1.807) is 30.3 Å². The third kappa shape index (κ3) is 5.02. The third-order valence-electron chi connectivity index (χ3n) is 4.02. The minimum absolute atomic E-state index is 0.0286. The minimum atomic E-state index is -1.15. The maximum Gasteiger partial charge on any atom is 0.308 e. The largest absolute Gasteiger partial charge is 0.452 e. The van der Waals surface area contributed by atoms with Gasteiger partial charge >= 0.3 is 5.97 Å². The summed E-state index contributed by atoms with van der Waals surface area (Å²) in [6.45, 7) is 1.32. The average molecular weight is 463 g/mol. The SMILES string of the molecule is CC(OC(=O)CCn1nnc2ccccc2c1=O)C(=O)Nc1ccc(Br)cc1F. The van der Waals surface area contributed by atoms with Crippen LogP contribution in [0.1, 0.15) is 13.3 Å². The number of hydrogen-bond acceptors (Lipinski definition) is 6. The van der Waals surface area contributed by atoms with Gasteiger partial charge in [-0.25, -0.2) is 9.07 Å². The second-order valence-electron chi connectivity index (χ2n) is 6.13. The molecular weight excluding hydrogens is 447 g/mol. The molecule has 0 bridgehead atoms. The van der Waals surface area contributed by atoms with Gasteiger partial charge in [-0.2, -0.15) is 0 Å². The van der Waals surface area contributed by atoms with Crippen LogP contribution in [0.15, 0.2) is 51.7 Å². The number of esters is 1. The summed E-state index contributed by atoms with van der Waals surface area (Å²) in [6.07, 6.45) is -1.33. The number of nitrogens with zero attached hydrogens (tertiary/aromatic N) is 3. The van der Waals surface area contributed by atoms with E-state index in [0.29, 0.717) is 15.4 Å². The van der Waals surface area contributed by atoms with Crippen molar-refractivity contribution < 1.29 is 18.7 Å². The van der Waals surface area contributed by atoms with Crippen LogP contribution >= 0.6 is 15.9 Å². The highest BCUT2D eigenvalue weighted by Gasteiger charge is 2.19. The molecule has 1 atom stereocenters. The van der Waals surface area contributed by atoms with E-state index in [4.69, 9.17) is 4.74 Å². The number of rotatable bonds is 6. The molecule has 3 aromatic rings. The van der Waals surface area contributed by atoms with Crippen molar-refractivity contribution in [2.24, 2.45) is 0 Å². The Morgan fingerprint density at radius 2 is 2.03 bits per heavy atom. The van der Waals surface area contributed by atoms with E-state index in [2.05, 4.69) is 31.6 Å². The standard InChI is InChI=1S/C19H16BrFN4O4/c1-11(18(27)22-16-7-6-12(20)10-14(16)21)29-17(26)8-9-25-19(28)13-4-2-3-5-15(13)23-24-25/h2-7,10-11H,8-9H2,1H3,(H,22,27). The van der Waals surface area contributed by atoms with Gasteiger partial charge in [0.25, 0.3) is 11.5 Å². The lowest BCUT2D eigenvalue weighted by atomic mass is 10.2. The number of anilines is 1. The summed E-state index contributed by atoms with van der Waals surface area (Å²) in [5.74, 6) is -2.01. The van der Waals surface area contributed by atoms with E-state index in [1.807, 2.05) is 0 Å². The molecule has 0 aliphatic heterocycles. The van der Waals surface area contributed by atoms with Gasteiger partial charge in [0.2, 0.25) is 0 Å². The Morgan fingerprint density at radius 3 is 2.79 bits per heavy atom. The molecule has 1 N–H and O–H groups in total. The molecule has 8 nitrogen and oxygen atoms in total. The van der Waals surface area contributed by atoms with E-state index in [9.17, 15) is 18.8 Å². The van der Waals surface area contributed by atoms with Crippen LogP contribution in [0.4, 0.5) is 10.1 Å². The Kier molecular flexibility index (Phi) is 6.32. The van der Waals surface area contributed by atoms with E-state index < -0.39 is 23.8 Å². The van der Waals surface area contributed by atoms with Crippen molar-refractivity contribution in [2.45, 2.75) is 26.0 Å². The Balaban J connectivity index is 1.57. The maximum absolute atomic E-state index is 13.8. The van der Waals surface area contributed by atoms with Gasteiger partial charge in [0.15, 0.2) is 6.10 Å². The molecule has 1 heterocycles. The van der Waals surface area contributed by atoms with Gasteiger partial charge in [0.05, 0.1) is 24.0 Å². The first-order chi connectivity index (χ1) is 13.8. The summed E-state index contributed by atoms with van der Waals surface area (Å²) in [7, 11) is 0. The Labute approximate surface area is 172 Å². The summed E-state index contributed by atoms with van der Waals surface area (Å²) in [5, 5.41) is 10.5. The van der Waals surface area contributed by atoms with E-state index in [1.165, 1.54) is 19.1 Å². The molecule has 150 valence electrons. The van der Waals surface area contributed by atoms with Crippen LogP contribution in [0.3, 0.4) is 0 Å². The first-order valence-electron chi connectivity index (χ1n) is 8.63. The number of ether oxygens (including phenoxy) is 1. The second-order valence-corrected chi connectivity index (χ2v) is 7.05. The molecule has 2 aromatic carbocycles. The molecule has 3 rings (SSSR count). The van der Waals surface area contributed by atoms with Crippen LogP contribution in [-0.2, 0) is 20.9 Å². The molecule has 0 aliphatic carbocycles. The van der Waals surface area contributed by atoms with Gasteiger partial charge in [-0.1, -0.05) is 33.3 Å². The Morgan fingerprint density at radius 1 is 1.28 bits per heavy atom. The van der Waals surface area contributed by atoms with Crippen LogP contribution in [-0.4, -0.2) is 33.0 Å². The second kappa shape index (κ2) is 8.91.